The average Bonchev–Trinajstić information content (AvgIpc) is 3.13. The molecule has 2 N–H and O–H groups in total. The molecule has 120 valence electrons. The number of rotatable bonds is 3. The van der Waals surface area contributed by atoms with Crippen molar-refractivity contribution in [1.29, 1.82) is 0 Å². The van der Waals surface area contributed by atoms with Crippen LogP contribution in [0.15, 0.2) is 34.9 Å². The monoisotopic (exact) mass is 318 g/mol. The van der Waals surface area contributed by atoms with Crippen molar-refractivity contribution in [2.24, 2.45) is 0 Å². The molecule has 0 atom stereocenters. The third-order valence-electron chi connectivity index (χ3n) is 3.12. The largest absolute Gasteiger partial charge is 0.493 e. The molecule has 0 unspecified atom stereocenters. The van der Waals surface area contributed by atoms with Crippen LogP contribution in [-0.2, 0) is 0 Å². The fourth-order valence-corrected chi connectivity index (χ4v) is 2.06. The number of carbonyl (C=O) groups excluding carboxylic acids is 2. The van der Waals surface area contributed by atoms with Gasteiger partial charge in [-0.1, -0.05) is 0 Å². The molecule has 2 heterocycles. The molecule has 0 bridgehead atoms. The summed E-state index contributed by atoms with van der Waals surface area (Å²) in [6.07, 6.45) is 1.36. The Bertz CT molecular complexity index is 709. The van der Waals surface area contributed by atoms with Crippen molar-refractivity contribution in [2.75, 3.05) is 20.3 Å². The summed E-state index contributed by atoms with van der Waals surface area (Å²) in [5.74, 6) is 0.246. The normalized spacial score (nSPS) is 12.4. The number of nitrogens with one attached hydrogen (secondary N) is 2. The van der Waals surface area contributed by atoms with Gasteiger partial charge in [-0.3, -0.25) is 20.4 Å². The van der Waals surface area contributed by atoms with Crippen molar-refractivity contribution in [3.63, 3.8) is 0 Å². The molecule has 0 fully saturated rings. The highest BCUT2D eigenvalue weighted by Gasteiger charge is 2.21. The predicted molar refractivity (Wildman–Crippen MR) is 77.6 cm³/mol. The summed E-state index contributed by atoms with van der Waals surface area (Å²) in [5, 5.41) is 0. The first-order valence-corrected chi connectivity index (χ1v) is 6.81. The lowest BCUT2D eigenvalue weighted by atomic mass is 10.1. The molecular formula is C15H14N2O6. The van der Waals surface area contributed by atoms with E-state index in [1.165, 1.54) is 31.6 Å². The van der Waals surface area contributed by atoms with Gasteiger partial charge in [-0.25, -0.2) is 0 Å². The molecule has 23 heavy (non-hydrogen) atoms. The van der Waals surface area contributed by atoms with Gasteiger partial charge in [0.15, 0.2) is 17.3 Å². The summed E-state index contributed by atoms with van der Waals surface area (Å²) in [6, 6.07) is 6.07. The standard InChI is InChI=1S/C15H14N2O6/c1-20-11-7-9(8-12-13(11)23-6-5-22-12)14(18)16-17-15(19)10-3-2-4-21-10/h2-4,7-8H,5-6H2,1H3,(H,16,18)(H,17,19). The van der Waals surface area contributed by atoms with Crippen molar-refractivity contribution in [1.82, 2.24) is 10.9 Å². The molecule has 8 nitrogen and oxygen atoms in total. The van der Waals surface area contributed by atoms with Gasteiger partial charge in [-0.15, -0.1) is 0 Å². The molecule has 0 spiro atoms. The first-order valence-electron chi connectivity index (χ1n) is 6.81. The number of hydrogen-bond acceptors (Lipinski definition) is 6. The lowest BCUT2D eigenvalue weighted by Gasteiger charge is -2.21. The minimum Gasteiger partial charge on any atom is -0.493 e. The Balaban J connectivity index is 1.73. The van der Waals surface area contributed by atoms with Crippen LogP contribution < -0.4 is 25.1 Å². The van der Waals surface area contributed by atoms with E-state index in [9.17, 15) is 9.59 Å². The maximum atomic E-state index is 12.2. The van der Waals surface area contributed by atoms with E-state index in [0.29, 0.717) is 30.5 Å². The van der Waals surface area contributed by atoms with Gasteiger partial charge in [-0.05, 0) is 24.3 Å². The zero-order valence-corrected chi connectivity index (χ0v) is 12.3. The summed E-state index contributed by atoms with van der Waals surface area (Å²) in [6.45, 7) is 0.796. The predicted octanol–water partition coefficient (Wildman–Crippen LogP) is 1.13. The number of amides is 2. The number of fused-ring (bicyclic) bond motifs is 1. The maximum absolute atomic E-state index is 12.2. The van der Waals surface area contributed by atoms with Crippen LogP contribution in [0.3, 0.4) is 0 Å². The van der Waals surface area contributed by atoms with Crippen LogP contribution >= 0.6 is 0 Å². The number of methoxy groups -OCH3 is 1. The van der Waals surface area contributed by atoms with Crippen LogP contribution in [0.25, 0.3) is 0 Å². The number of furan rings is 1. The fourth-order valence-electron chi connectivity index (χ4n) is 2.06. The van der Waals surface area contributed by atoms with Crippen LogP contribution in [0.4, 0.5) is 0 Å². The van der Waals surface area contributed by atoms with E-state index in [4.69, 9.17) is 18.6 Å². The zero-order valence-electron chi connectivity index (χ0n) is 12.3. The second-order valence-corrected chi connectivity index (χ2v) is 4.59. The summed E-state index contributed by atoms with van der Waals surface area (Å²) in [7, 11) is 1.47. The van der Waals surface area contributed by atoms with Crippen LogP contribution in [0, 0.1) is 0 Å². The van der Waals surface area contributed by atoms with Crippen LogP contribution in [0.2, 0.25) is 0 Å². The smallest absolute Gasteiger partial charge is 0.305 e. The Kier molecular flexibility index (Phi) is 4.05. The van der Waals surface area contributed by atoms with Gasteiger partial charge in [0, 0.05) is 5.56 Å². The second kappa shape index (κ2) is 6.30. The Labute approximate surface area is 131 Å². The molecule has 2 amide bonds. The van der Waals surface area contributed by atoms with E-state index in [0.717, 1.165) is 0 Å². The Morgan fingerprint density at radius 1 is 1.13 bits per heavy atom. The van der Waals surface area contributed by atoms with Crippen molar-refractivity contribution in [3.8, 4) is 17.2 Å². The van der Waals surface area contributed by atoms with E-state index in [1.807, 2.05) is 0 Å². The molecule has 0 saturated heterocycles. The van der Waals surface area contributed by atoms with Crippen molar-refractivity contribution in [3.05, 3.63) is 41.9 Å². The molecule has 1 aliphatic rings. The first kappa shape index (κ1) is 14.8. The molecular weight excluding hydrogens is 304 g/mol. The molecule has 2 aromatic rings. The number of ether oxygens (including phenoxy) is 3. The molecule has 3 rings (SSSR count). The van der Waals surface area contributed by atoms with Crippen LogP contribution in [0.1, 0.15) is 20.9 Å². The lowest BCUT2D eigenvalue weighted by Crippen LogP contribution is -2.41. The van der Waals surface area contributed by atoms with Crippen molar-refractivity contribution >= 4 is 11.8 Å². The first-order chi connectivity index (χ1) is 11.2. The quantitative estimate of drug-likeness (QED) is 0.823. The molecule has 1 aromatic heterocycles. The van der Waals surface area contributed by atoms with Gasteiger partial charge in [-0.2, -0.15) is 0 Å². The van der Waals surface area contributed by atoms with Gasteiger partial charge in [0.1, 0.15) is 13.2 Å². The Morgan fingerprint density at radius 3 is 2.65 bits per heavy atom. The fraction of sp³-hybridized carbons (Fsp3) is 0.200. The SMILES string of the molecule is COc1cc(C(=O)NNC(=O)c2ccco2)cc2c1OCCO2. The highest BCUT2D eigenvalue weighted by molar-refractivity contribution is 5.98. The number of benzene rings is 1. The van der Waals surface area contributed by atoms with E-state index in [1.54, 1.807) is 6.07 Å². The molecule has 0 radical (unpaired) electrons. The average molecular weight is 318 g/mol. The third kappa shape index (κ3) is 3.05. The number of carbonyl (C=O) groups is 2. The summed E-state index contributed by atoms with van der Waals surface area (Å²) in [4.78, 5) is 23.9. The molecule has 0 aliphatic carbocycles. The molecule has 1 aromatic carbocycles. The number of hydrogen-bond donors (Lipinski definition) is 2. The zero-order chi connectivity index (χ0) is 16.2. The van der Waals surface area contributed by atoms with Gasteiger partial charge < -0.3 is 18.6 Å². The van der Waals surface area contributed by atoms with Crippen molar-refractivity contribution < 1.29 is 28.2 Å². The van der Waals surface area contributed by atoms with Gasteiger partial charge in [0.05, 0.1) is 13.4 Å². The number of hydrazine groups is 1. The van der Waals surface area contributed by atoms with E-state index in [-0.39, 0.29) is 11.3 Å². The maximum Gasteiger partial charge on any atom is 0.305 e. The second-order valence-electron chi connectivity index (χ2n) is 4.59. The van der Waals surface area contributed by atoms with Crippen LogP contribution in [-0.4, -0.2) is 32.1 Å². The lowest BCUT2D eigenvalue weighted by molar-refractivity contribution is 0.0830. The minimum atomic E-state index is -0.562. The molecule has 1 aliphatic heterocycles. The topological polar surface area (TPSA) is 99.0 Å². The summed E-state index contributed by atoms with van der Waals surface area (Å²) in [5.41, 5.74) is 4.81. The van der Waals surface area contributed by atoms with E-state index >= 15 is 0 Å². The van der Waals surface area contributed by atoms with Gasteiger partial charge in [0.25, 0.3) is 5.91 Å². The Hall–Kier alpha value is -3.16. The Morgan fingerprint density at radius 2 is 1.91 bits per heavy atom. The minimum absolute atomic E-state index is 0.0880. The highest BCUT2D eigenvalue weighted by Crippen LogP contribution is 2.40. The van der Waals surface area contributed by atoms with Crippen LogP contribution in [0.5, 0.6) is 17.2 Å². The van der Waals surface area contributed by atoms with Gasteiger partial charge >= 0.3 is 5.91 Å². The van der Waals surface area contributed by atoms with Gasteiger partial charge in [0.2, 0.25) is 5.75 Å². The van der Waals surface area contributed by atoms with E-state index in [2.05, 4.69) is 10.9 Å². The highest BCUT2D eigenvalue weighted by atomic mass is 16.6. The molecule has 0 saturated carbocycles. The summed E-state index contributed by atoms with van der Waals surface area (Å²) < 4.78 is 21.0. The summed E-state index contributed by atoms with van der Waals surface area (Å²) >= 11 is 0. The van der Waals surface area contributed by atoms with Crippen molar-refractivity contribution in [2.45, 2.75) is 0 Å². The molecule has 8 heteroatoms. The third-order valence-corrected chi connectivity index (χ3v) is 3.12. The van der Waals surface area contributed by atoms with E-state index < -0.39 is 11.8 Å².